The largest absolute Gasteiger partial charge is 0.496 e. The Balaban J connectivity index is 2.16. The van der Waals surface area contributed by atoms with Gasteiger partial charge in [-0.05, 0) is 30.9 Å². The first-order chi connectivity index (χ1) is 11.6. The second-order valence-electron chi connectivity index (χ2n) is 6.80. The molecule has 1 atom stereocenters. The minimum Gasteiger partial charge on any atom is -0.496 e. The maximum Gasteiger partial charge on any atom is 0.409 e. The molecule has 0 saturated carbocycles. The van der Waals surface area contributed by atoms with Gasteiger partial charge in [0.25, 0.3) is 0 Å². The van der Waals surface area contributed by atoms with Gasteiger partial charge >= 0.3 is 6.18 Å². The fraction of sp³-hybridized carbons (Fsp3) is 0.389. The summed E-state index contributed by atoms with van der Waals surface area (Å²) in [5, 5.41) is 2.03. The van der Waals surface area contributed by atoms with Crippen molar-refractivity contribution in [2.75, 3.05) is 13.7 Å². The van der Waals surface area contributed by atoms with E-state index in [0.717, 1.165) is 5.01 Å². The molecule has 1 N–H and O–H groups in total. The number of hydrogen-bond acceptors (Lipinski definition) is 3. The molecule has 0 aliphatic carbocycles. The molecule has 3 rings (SSSR count). The Labute approximate surface area is 143 Å². The van der Waals surface area contributed by atoms with Crippen LogP contribution in [0.3, 0.4) is 0 Å². The number of benzene rings is 2. The number of nitrogens with zero attached hydrogens (tertiary/aromatic N) is 1. The zero-order valence-corrected chi connectivity index (χ0v) is 14.1. The summed E-state index contributed by atoms with van der Waals surface area (Å²) in [5.74, 6) is 0.0885. The third-order valence-electron chi connectivity index (χ3n) is 4.48. The Morgan fingerprint density at radius 1 is 1.16 bits per heavy atom. The summed E-state index contributed by atoms with van der Waals surface area (Å²) < 4.78 is 47.0. The Bertz CT molecular complexity index is 818. The maximum absolute atomic E-state index is 13.9. The van der Waals surface area contributed by atoms with E-state index in [1.165, 1.54) is 19.2 Å². The highest BCUT2D eigenvalue weighted by Gasteiger charge is 2.51. The van der Waals surface area contributed by atoms with Crippen molar-refractivity contribution in [1.82, 2.24) is 10.4 Å². The summed E-state index contributed by atoms with van der Waals surface area (Å²) in [5.41, 5.74) is 1.59. The molecule has 1 amide bonds. The number of methoxy groups -OCH3 is 1. The van der Waals surface area contributed by atoms with Crippen LogP contribution in [0.1, 0.15) is 25.5 Å². The number of fused-ring (bicyclic) bond motifs is 1. The number of carbonyl (C=O) groups is 1. The predicted molar refractivity (Wildman–Crippen MR) is 87.9 cm³/mol. The van der Waals surface area contributed by atoms with Crippen LogP contribution < -0.4 is 10.2 Å². The standard InChI is InChI=1S/C18H19F3N2O2/c1-17(2)10-23(22-16(17)24)15(18(19,20)21)13-8-9-14(25-3)12-7-5-4-6-11(12)13/h4-9,15H,10H2,1-3H3,(H,22,24). The van der Waals surface area contributed by atoms with E-state index in [-0.39, 0.29) is 12.1 Å². The van der Waals surface area contributed by atoms with Gasteiger partial charge in [-0.1, -0.05) is 30.3 Å². The first kappa shape index (κ1) is 17.5. The lowest BCUT2D eigenvalue weighted by Crippen LogP contribution is -2.43. The van der Waals surface area contributed by atoms with Crippen LogP contribution in [0, 0.1) is 5.41 Å². The van der Waals surface area contributed by atoms with Crippen molar-refractivity contribution >= 4 is 16.7 Å². The predicted octanol–water partition coefficient (Wildman–Crippen LogP) is 3.82. The highest BCUT2D eigenvalue weighted by molar-refractivity contribution is 5.91. The molecule has 2 aromatic carbocycles. The number of hydrazine groups is 1. The lowest BCUT2D eigenvalue weighted by atomic mass is 9.93. The zero-order chi connectivity index (χ0) is 18.4. The van der Waals surface area contributed by atoms with Crippen molar-refractivity contribution in [3.63, 3.8) is 0 Å². The molecule has 0 aromatic heterocycles. The lowest BCUT2D eigenvalue weighted by molar-refractivity contribution is -0.191. The van der Waals surface area contributed by atoms with Gasteiger partial charge in [-0.25, -0.2) is 5.01 Å². The van der Waals surface area contributed by atoms with Gasteiger partial charge in [0, 0.05) is 11.9 Å². The van der Waals surface area contributed by atoms with Gasteiger partial charge in [-0.15, -0.1) is 0 Å². The first-order valence-electron chi connectivity index (χ1n) is 7.85. The molecule has 2 aromatic rings. The van der Waals surface area contributed by atoms with Crippen LogP contribution >= 0.6 is 0 Å². The summed E-state index contributed by atoms with van der Waals surface area (Å²) in [6.07, 6.45) is -4.55. The molecule has 0 spiro atoms. The number of alkyl halides is 3. The van der Waals surface area contributed by atoms with Crippen molar-refractivity contribution in [2.24, 2.45) is 5.41 Å². The molecule has 25 heavy (non-hydrogen) atoms. The monoisotopic (exact) mass is 352 g/mol. The molecule has 1 aliphatic rings. The molecular weight excluding hydrogens is 333 g/mol. The van der Waals surface area contributed by atoms with E-state index in [1.54, 1.807) is 38.1 Å². The molecule has 4 nitrogen and oxygen atoms in total. The van der Waals surface area contributed by atoms with Crippen LogP contribution in [0.5, 0.6) is 5.75 Å². The number of carbonyl (C=O) groups excluding carboxylic acids is 1. The van der Waals surface area contributed by atoms with E-state index in [0.29, 0.717) is 16.5 Å². The van der Waals surface area contributed by atoms with Crippen molar-refractivity contribution < 1.29 is 22.7 Å². The Morgan fingerprint density at radius 2 is 1.80 bits per heavy atom. The van der Waals surface area contributed by atoms with Gasteiger partial charge in [0.15, 0.2) is 6.04 Å². The van der Waals surface area contributed by atoms with Gasteiger partial charge in [0.2, 0.25) is 5.91 Å². The van der Waals surface area contributed by atoms with Gasteiger partial charge < -0.3 is 4.74 Å². The number of ether oxygens (including phenoxy) is 1. The second-order valence-corrected chi connectivity index (χ2v) is 6.80. The molecule has 0 radical (unpaired) electrons. The number of amides is 1. The molecular formula is C18H19F3N2O2. The number of rotatable bonds is 3. The van der Waals surface area contributed by atoms with E-state index >= 15 is 0 Å². The molecule has 1 unspecified atom stereocenters. The Hall–Kier alpha value is -2.28. The summed E-state index contributed by atoms with van der Waals surface area (Å²) in [6.45, 7) is 3.22. The fourth-order valence-electron chi connectivity index (χ4n) is 3.21. The average Bonchev–Trinajstić information content (AvgIpc) is 2.79. The van der Waals surface area contributed by atoms with E-state index in [1.807, 2.05) is 0 Å². The van der Waals surface area contributed by atoms with E-state index < -0.39 is 23.5 Å². The van der Waals surface area contributed by atoms with E-state index in [2.05, 4.69) is 5.43 Å². The van der Waals surface area contributed by atoms with Crippen LogP contribution in [0.15, 0.2) is 36.4 Å². The molecule has 7 heteroatoms. The molecule has 1 heterocycles. The quantitative estimate of drug-likeness (QED) is 0.913. The Kier molecular flexibility index (Phi) is 4.15. The number of nitrogens with one attached hydrogen (secondary N) is 1. The average molecular weight is 352 g/mol. The van der Waals surface area contributed by atoms with Gasteiger partial charge in [-0.3, -0.25) is 10.2 Å². The molecule has 0 bridgehead atoms. The zero-order valence-electron chi connectivity index (χ0n) is 14.1. The van der Waals surface area contributed by atoms with Crippen LogP contribution in [-0.2, 0) is 4.79 Å². The number of halogens is 3. The highest BCUT2D eigenvalue weighted by Crippen LogP contribution is 2.44. The SMILES string of the molecule is COc1ccc(C(N2CC(C)(C)C(=O)N2)C(F)(F)F)c2ccccc12. The van der Waals surface area contributed by atoms with Crippen LogP contribution in [-0.4, -0.2) is 30.7 Å². The molecule has 1 fully saturated rings. The van der Waals surface area contributed by atoms with Crippen molar-refractivity contribution in [2.45, 2.75) is 26.1 Å². The maximum atomic E-state index is 13.9. The van der Waals surface area contributed by atoms with Gasteiger partial charge in [-0.2, -0.15) is 13.2 Å². The van der Waals surface area contributed by atoms with Gasteiger partial charge in [0.05, 0.1) is 12.5 Å². The molecule has 1 saturated heterocycles. The fourth-order valence-corrected chi connectivity index (χ4v) is 3.21. The topological polar surface area (TPSA) is 41.6 Å². The van der Waals surface area contributed by atoms with Gasteiger partial charge in [0.1, 0.15) is 5.75 Å². The Morgan fingerprint density at radius 3 is 2.32 bits per heavy atom. The third-order valence-corrected chi connectivity index (χ3v) is 4.48. The lowest BCUT2D eigenvalue weighted by Gasteiger charge is -2.31. The normalized spacial score (nSPS) is 19.0. The van der Waals surface area contributed by atoms with Crippen LogP contribution in [0.2, 0.25) is 0 Å². The minimum absolute atomic E-state index is 0.0314. The molecule has 134 valence electrons. The second kappa shape index (κ2) is 5.91. The van der Waals surface area contributed by atoms with Crippen LogP contribution in [0.25, 0.3) is 10.8 Å². The first-order valence-corrected chi connectivity index (χ1v) is 7.85. The summed E-state index contributed by atoms with van der Waals surface area (Å²) >= 11 is 0. The smallest absolute Gasteiger partial charge is 0.409 e. The number of hydrogen-bond donors (Lipinski definition) is 1. The van der Waals surface area contributed by atoms with Crippen molar-refractivity contribution in [1.29, 1.82) is 0 Å². The van der Waals surface area contributed by atoms with E-state index in [4.69, 9.17) is 4.74 Å². The minimum atomic E-state index is -4.55. The van der Waals surface area contributed by atoms with Crippen LogP contribution in [0.4, 0.5) is 13.2 Å². The summed E-state index contributed by atoms with van der Waals surface area (Å²) in [6, 6.07) is 7.79. The highest BCUT2D eigenvalue weighted by atomic mass is 19.4. The summed E-state index contributed by atoms with van der Waals surface area (Å²) in [4.78, 5) is 12.0. The van der Waals surface area contributed by atoms with Crippen molar-refractivity contribution in [3.8, 4) is 5.75 Å². The third kappa shape index (κ3) is 3.04. The van der Waals surface area contributed by atoms with Crippen molar-refractivity contribution in [3.05, 3.63) is 42.0 Å². The van der Waals surface area contributed by atoms with E-state index in [9.17, 15) is 18.0 Å². The molecule has 1 aliphatic heterocycles. The summed E-state index contributed by atoms with van der Waals surface area (Å²) in [7, 11) is 1.48.